The van der Waals surface area contributed by atoms with Crippen LogP contribution in [0.1, 0.15) is 40.4 Å². The molecule has 26 heavy (non-hydrogen) atoms. The highest BCUT2D eigenvalue weighted by molar-refractivity contribution is 7.19. The average Bonchev–Trinajstić information content (AvgIpc) is 3.29. The summed E-state index contributed by atoms with van der Waals surface area (Å²) in [4.78, 5) is 18.0. The van der Waals surface area contributed by atoms with Crippen LogP contribution in [0.15, 0.2) is 42.5 Å². The molecule has 3 nitrogen and oxygen atoms in total. The zero-order chi connectivity index (χ0) is 18.1. The van der Waals surface area contributed by atoms with Crippen molar-refractivity contribution in [3.8, 4) is 0 Å². The normalized spacial score (nSPS) is 19.7. The number of hydrogen-bond acceptors (Lipinski definition) is 4. The topological polar surface area (TPSA) is 40.5 Å². The van der Waals surface area contributed by atoms with Gasteiger partial charge in [0.2, 0.25) is 0 Å². The molecule has 0 aliphatic carbocycles. The molecule has 2 atom stereocenters. The van der Waals surface area contributed by atoms with E-state index in [0.717, 1.165) is 25.8 Å². The van der Waals surface area contributed by atoms with Gasteiger partial charge in [0.05, 0.1) is 12.0 Å². The van der Waals surface area contributed by atoms with Crippen LogP contribution in [0, 0.1) is 5.92 Å². The SMILES string of the molecule is CCc1ccc(C(c2cc3ccccc3s2)N2CCCC(C(=O)O)C2)s1. The molecule has 1 aliphatic heterocycles. The molecule has 136 valence electrons. The Morgan fingerprint density at radius 3 is 2.81 bits per heavy atom. The van der Waals surface area contributed by atoms with Gasteiger partial charge >= 0.3 is 5.97 Å². The summed E-state index contributed by atoms with van der Waals surface area (Å²) < 4.78 is 1.30. The Balaban J connectivity index is 1.74. The van der Waals surface area contributed by atoms with E-state index in [1.54, 1.807) is 0 Å². The van der Waals surface area contributed by atoms with Gasteiger partial charge in [-0.3, -0.25) is 9.69 Å². The third kappa shape index (κ3) is 3.43. The van der Waals surface area contributed by atoms with Crippen molar-refractivity contribution in [3.63, 3.8) is 0 Å². The summed E-state index contributed by atoms with van der Waals surface area (Å²) in [7, 11) is 0. The lowest BCUT2D eigenvalue weighted by atomic mass is 9.96. The lowest BCUT2D eigenvalue weighted by molar-refractivity contribution is -0.143. The van der Waals surface area contributed by atoms with Crippen molar-refractivity contribution >= 4 is 38.7 Å². The number of carbonyl (C=O) groups is 1. The molecule has 5 heteroatoms. The second-order valence-corrected chi connectivity index (χ2v) is 9.23. The van der Waals surface area contributed by atoms with Gasteiger partial charge in [0.25, 0.3) is 0 Å². The molecular formula is C21H23NO2S2. The van der Waals surface area contributed by atoms with Crippen LogP contribution in [0.5, 0.6) is 0 Å². The lowest BCUT2D eigenvalue weighted by Crippen LogP contribution is -2.40. The van der Waals surface area contributed by atoms with Crippen LogP contribution in [0.25, 0.3) is 10.1 Å². The van der Waals surface area contributed by atoms with Gasteiger partial charge in [0.15, 0.2) is 0 Å². The fourth-order valence-corrected chi connectivity index (χ4v) is 6.21. The number of aliphatic carboxylic acids is 1. The molecule has 0 bridgehead atoms. The number of fused-ring (bicyclic) bond motifs is 1. The van der Waals surface area contributed by atoms with E-state index >= 15 is 0 Å². The number of hydrogen-bond donors (Lipinski definition) is 1. The molecule has 0 amide bonds. The van der Waals surface area contributed by atoms with Gasteiger partial charge in [0, 0.05) is 25.9 Å². The minimum atomic E-state index is -0.662. The minimum absolute atomic E-state index is 0.167. The van der Waals surface area contributed by atoms with E-state index in [4.69, 9.17) is 0 Å². The summed E-state index contributed by atoms with van der Waals surface area (Å²) in [5.74, 6) is -0.920. The highest BCUT2D eigenvalue weighted by atomic mass is 32.1. The van der Waals surface area contributed by atoms with E-state index in [1.165, 1.54) is 24.7 Å². The maximum Gasteiger partial charge on any atom is 0.307 e. The predicted octanol–water partition coefficient (Wildman–Crippen LogP) is 5.41. The van der Waals surface area contributed by atoms with Crippen LogP contribution < -0.4 is 0 Å². The number of aryl methyl sites for hydroxylation is 1. The van der Waals surface area contributed by atoms with E-state index < -0.39 is 5.97 Å². The number of rotatable bonds is 5. The van der Waals surface area contributed by atoms with Crippen molar-refractivity contribution in [1.29, 1.82) is 0 Å². The summed E-state index contributed by atoms with van der Waals surface area (Å²) >= 11 is 3.70. The maximum absolute atomic E-state index is 11.6. The fourth-order valence-electron chi connectivity index (χ4n) is 3.81. The maximum atomic E-state index is 11.6. The molecule has 1 fully saturated rings. The second kappa shape index (κ2) is 7.51. The molecule has 2 unspecified atom stereocenters. The summed E-state index contributed by atoms with van der Waals surface area (Å²) in [6.07, 6.45) is 2.78. The van der Waals surface area contributed by atoms with Gasteiger partial charge in [-0.2, -0.15) is 0 Å². The number of benzene rings is 1. The molecule has 4 rings (SSSR count). The molecule has 3 aromatic rings. The van der Waals surface area contributed by atoms with E-state index in [9.17, 15) is 9.90 Å². The van der Waals surface area contributed by atoms with Crippen LogP contribution in [-0.2, 0) is 11.2 Å². The van der Waals surface area contributed by atoms with Crippen LogP contribution in [0.4, 0.5) is 0 Å². The number of carboxylic acids is 1. The third-order valence-electron chi connectivity index (χ3n) is 5.18. The smallest absolute Gasteiger partial charge is 0.307 e. The van der Waals surface area contributed by atoms with Gasteiger partial charge in [-0.1, -0.05) is 25.1 Å². The molecule has 1 aromatic carbocycles. The van der Waals surface area contributed by atoms with Crippen LogP contribution in [0.2, 0.25) is 0 Å². The van der Waals surface area contributed by atoms with Crippen molar-refractivity contribution in [2.45, 2.75) is 32.2 Å². The van der Waals surface area contributed by atoms with E-state index in [2.05, 4.69) is 54.3 Å². The van der Waals surface area contributed by atoms with E-state index in [0.29, 0.717) is 6.54 Å². The van der Waals surface area contributed by atoms with Crippen LogP contribution in [-0.4, -0.2) is 29.1 Å². The molecule has 0 spiro atoms. The first kappa shape index (κ1) is 17.7. The van der Waals surface area contributed by atoms with Crippen molar-refractivity contribution < 1.29 is 9.90 Å². The molecule has 2 aromatic heterocycles. The Labute approximate surface area is 161 Å². The van der Waals surface area contributed by atoms with Crippen molar-refractivity contribution in [3.05, 3.63) is 57.1 Å². The largest absolute Gasteiger partial charge is 0.481 e. The standard InChI is InChI=1S/C21H23NO2S2/c1-2-16-9-10-18(25-16)20(22-11-5-7-15(13-22)21(23)24)19-12-14-6-3-4-8-17(14)26-19/h3-4,6,8-10,12,15,20H,2,5,7,11,13H2,1H3,(H,23,24). The van der Waals surface area contributed by atoms with Crippen molar-refractivity contribution in [2.75, 3.05) is 13.1 Å². The Morgan fingerprint density at radius 1 is 1.23 bits per heavy atom. The number of piperidine rings is 1. The van der Waals surface area contributed by atoms with E-state index in [-0.39, 0.29) is 12.0 Å². The fraction of sp³-hybridized carbons (Fsp3) is 0.381. The number of nitrogens with zero attached hydrogens (tertiary/aromatic N) is 1. The Bertz CT molecular complexity index is 881. The zero-order valence-electron chi connectivity index (χ0n) is 14.9. The summed E-state index contributed by atoms with van der Waals surface area (Å²) in [5.41, 5.74) is 0. The third-order valence-corrected chi connectivity index (χ3v) is 7.63. The molecule has 3 heterocycles. The monoisotopic (exact) mass is 385 g/mol. The number of thiophene rings is 2. The van der Waals surface area contributed by atoms with Crippen molar-refractivity contribution in [2.24, 2.45) is 5.92 Å². The highest BCUT2D eigenvalue weighted by Gasteiger charge is 2.32. The molecular weight excluding hydrogens is 362 g/mol. The first-order chi connectivity index (χ1) is 12.7. The first-order valence-corrected chi connectivity index (χ1v) is 10.8. The van der Waals surface area contributed by atoms with E-state index in [1.807, 2.05) is 22.7 Å². The summed E-state index contributed by atoms with van der Waals surface area (Å²) in [6, 6.07) is 15.4. The quantitative estimate of drug-likeness (QED) is 0.638. The lowest BCUT2D eigenvalue weighted by Gasteiger charge is -2.36. The Kier molecular flexibility index (Phi) is 5.11. The Morgan fingerprint density at radius 2 is 2.08 bits per heavy atom. The zero-order valence-corrected chi connectivity index (χ0v) is 16.5. The van der Waals surface area contributed by atoms with Gasteiger partial charge < -0.3 is 5.11 Å². The van der Waals surface area contributed by atoms with Gasteiger partial charge in [0.1, 0.15) is 0 Å². The average molecular weight is 386 g/mol. The Hall–Kier alpha value is -1.69. The molecule has 0 radical (unpaired) electrons. The molecule has 0 saturated carbocycles. The molecule has 1 N–H and O–H groups in total. The van der Waals surface area contributed by atoms with Crippen molar-refractivity contribution in [1.82, 2.24) is 4.90 Å². The summed E-state index contributed by atoms with van der Waals surface area (Å²) in [5, 5.41) is 10.8. The van der Waals surface area contributed by atoms with Gasteiger partial charge in [-0.25, -0.2) is 0 Å². The van der Waals surface area contributed by atoms with Gasteiger partial charge in [-0.05, 0) is 55.5 Å². The summed E-state index contributed by atoms with van der Waals surface area (Å²) in [6.45, 7) is 3.78. The number of carboxylic acid groups (broad SMARTS) is 1. The van der Waals surface area contributed by atoms with Gasteiger partial charge in [-0.15, -0.1) is 22.7 Å². The predicted molar refractivity (Wildman–Crippen MR) is 109 cm³/mol. The first-order valence-electron chi connectivity index (χ1n) is 9.19. The van der Waals surface area contributed by atoms with Crippen LogP contribution >= 0.6 is 22.7 Å². The molecule has 1 saturated heterocycles. The number of likely N-dealkylation sites (tertiary alicyclic amines) is 1. The van der Waals surface area contributed by atoms with Crippen LogP contribution in [0.3, 0.4) is 0 Å². The highest BCUT2D eigenvalue weighted by Crippen LogP contribution is 2.41. The molecule has 1 aliphatic rings. The second-order valence-electron chi connectivity index (χ2n) is 6.92. The minimum Gasteiger partial charge on any atom is -0.481 e.